The van der Waals surface area contributed by atoms with Gasteiger partial charge in [0.25, 0.3) is 5.91 Å². The van der Waals surface area contributed by atoms with Gasteiger partial charge in [-0.05, 0) is 68.9 Å². The second kappa shape index (κ2) is 8.53. The molecule has 0 aliphatic carbocycles. The third kappa shape index (κ3) is 5.12. The Morgan fingerprint density at radius 3 is 2.54 bits per heavy atom. The normalized spacial score (nSPS) is 11.8. The Kier molecular flexibility index (Phi) is 6.42. The van der Waals surface area contributed by atoms with Crippen LogP contribution < -0.4 is 10.1 Å². The van der Waals surface area contributed by atoms with Gasteiger partial charge in [-0.25, -0.2) is 0 Å². The summed E-state index contributed by atoms with van der Waals surface area (Å²) in [4.78, 5) is 12.2. The molecule has 0 unspecified atom stereocenters. The summed E-state index contributed by atoms with van der Waals surface area (Å²) in [6.45, 7) is 8.57. The van der Waals surface area contributed by atoms with E-state index in [1.807, 2.05) is 38.1 Å². The summed E-state index contributed by atoms with van der Waals surface area (Å²) in [6.07, 6.45) is 1.39. The highest BCUT2D eigenvalue weighted by molar-refractivity contribution is 5.80. The molecule has 2 rings (SSSR count). The third-order valence-corrected chi connectivity index (χ3v) is 4.22. The second-order valence-corrected chi connectivity index (χ2v) is 6.35. The highest BCUT2D eigenvalue weighted by Gasteiger charge is 2.15. The summed E-state index contributed by atoms with van der Waals surface area (Å²) >= 11 is 0. The molecule has 3 heteroatoms. The van der Waals surface area contributed by atoms with Crippen LogP contribution in [0.1, 0.15) is 35.6 Å². The van der Waals surface area contributed by atoms with Gasteiger partial charge in [0.1, 0.15) is 5.75 Å². The monoisotopic (exact) mass is 325 g/mol. The molecule has 2 aromatic rings. The van der Waals surface area contributed by atoms with Crippen LogP contribution in [0.3, 0.4) is 0 Å². The van der Waals surface area contributed by atoms with E-state index in [2.05, 4.69) is 30.4 Å². The first kappa shape index (κ1) is 18.1. The van der Waals surface area contributed by atoms with Crippen molar-refractivity contribution >= 4 is 5.91 Å². The van der Waals surface area contributed by atoms with E-state index in [1.165, 1.54) is 11.1 Å². The zero-order chi connectivity index (χ0) is 17.5. The summed E-state index contributed by atoms with van der Waals surface area (Å²) in [6, 6.07) is 14.4. The van der Waals surface area contributed by atoms with Crippen molar-refractivity contribution in [2.75, 3.05) is 6.54 Å². The summed E-state index contributed by atoms with van der Waals surface area (Å²) in [5.41, 5.74) is 4.70. The van der Waals surface area contributed by atoms with E-state index in [4.69, 9.17) is 4.74 Å². The fourth-order valence-electron chi connectivity index (χ4n) is 2.66. The molecule has 2 aromatic carbocycles. The van der Waals surface area contributed by atoms with Crippen LogP contribution in [-0.2, 0) is 11.2 Å². The first-order chi connectivity index (χ1) is 11.5. The molecule has 0 bridgehead atoms. The van der Waals surface area contributed by atoms with E-state index in [1.54, 1.807) is 6.92 Å². The average Bonchev–Trinajstić information content (AvgIpc) is 2.56. The molecule has 1 N–H and O–H groups in total. The number of carbonyl (C=O) groups excluding carboxylic acids is 1. The summed E-state index contributed by atoms with van der Waals surface area (Å²) in [5.74, 6) is 0.723. The van der Waals surface area contributed by atoms with Gasteiger partial charge >= 0.3 is 0 Å². The van der Waals surface area contributed by atoms with E-state index in [-0.39, 0.29) is 5.91 Å². The van der Waals surface area contributed by atoms with Gasteiger partial charge in [0.2, 0.25) is 0 Å². The van der Waals surface area contributed by atoms with E-state index in [0.717, 1.165) is 29.7 Å². The Balaban J connectivity index is 1.80. The quantitative estimate of drug-likeness (QED) is 0.777. The SMILES string of the molecule is Cc1cc(C)c(C)c(O[C@@H](C)C(=O)NCCCc2ccccc2)c1. The Morgan fingerprint density at radius 2 is 1.83 bits per heavy atom. The molecule has 0 saturated heterocycles. The first-order valence-corrected chi connectivity index (χ1v) is 8.53. The van der Waals surface area contributed by atoms with Crippen LogP contribution in [0.15, 0.2) is 42.5 Å². The molecule has 0 fully saturated rings. The third-order valence-electron chi connectivity index (χ3n) is 4.22. The topological polar surface area (TPSA) is 38.3 Å². The molecule has 0 radical (unpaired) electrons. The van der Waals surface area contributed by atoms with Gasteiger partial charge in [0, 0.05) is 6.54 Å². The molecule has 24 heavy (non-hydrogen) atoms. The molecule has 1 atom stereocenters. The van der Waals surface area contributed by atoms with Crippen LogP contribution in [0, 0.1) is 20.8 Å². The molecule has 128 valence electrons. The minimum absolute atomic E-state index is 0.0679. The maximum Gasteiger partial charge on any atom is 0.260 e. The molecular formula is C21H27NO2. The van der Waals surface area contributed by atoms with Gasteiger partial charge in [-0.1, -0.05) is 36.4 Å². The van der Waals surface area contributed by atoms with Gasteiger partial charge in [-0.15, -0.1) is 0 Å². The molecule has 0 heterocycles. The van der Waals surface area contributed by atoms with Gasteiger partial charge < -0.3 is 10.1 Å². The van der Waals surface area contributed by atoms with Crippen LogP contribution in [-0.4, -0.2) is 18.6 Å². The Hall–Kier alpha value is -2.29. The van der Waals surface area contributed by atoms with Gasteiger partial charge in [-0.2, -0.15) is 0 Å². The fraction of sp³-hybridized carbons (Fsp3) is 0.381. The average molecular weight is 325 g/mol. The van der Waals surface area contributed by atoms with Crippen LogP contribution in [0.25, 0.3) is 0 Å². The van der Waals surface area contributed by atoms with Crippen molar-refractivity contribution in [3.63, 3.8) is 0 Å². The first-order valence-electron chi connectivity index (χ1n) is 8.53. The van der Waals surface area contributed by atoms with Gasteiger partial charge in [0.05, 0.1) is 0 Å². The lowest BCUT2D eigenvalue weighted by atomic mass is 10.1. The summed E-state index contributed by atoms with van der Waals surface area (Å²) in [7, 11) is 0. The van der Waals surface area contributed by atoms with Crippen LogP contribution in [0.2, 0.25) is 0 Å². The summed E-state index contributed by atoms with van der Waals surface area (Å²) < 4.78 is 5.87. The molecule has 0 saturated carbocycles. The van der Waals surface area contributed by atoms with Crippen LogP contribution >= 0.6 is 0 Å². The van der Waals surface area contributed by atoms with Gasteiger partial charge in [0.15, 0.2) is 6.10 Å². The molecule has 3 nitrogen and oxygen atoms in total. The predicted octanol–water partition coefficient (Wildman–Crippen LogP) is 4.13. The van der Waals surface area contributed by atoms with E-state index in [0.29, 0.717) is 6.54 Å². The number of ether oxygens (including phenoxy) is 1. The Morgan fingerprint density at radius 1 is 1.12 bits per heavy atom. The number of nitrogens with one attached hydrogen (secondary N) is 1. The molecule has 0 aromatic heterocycles. The number of hydrogen-bond donors (Lipinski definition) is 1. The van der Waals surface area contributed by atoms with Crippen molar-refractivity contribution in [2.45, 2.75) is 46.6 Å². The molecule has 0 aliphatic rings. The zero-order valence-corrected chi connectivity index (χ0v) is 15.1. The number of benzene rings is 2. The van der Waals surface area contributed by atoms with Crippen molar-refractivity contribution in [1.29, 1.82) is 0 Å². The maximum atomic E-state index is 12.2. The molecule has 0 aliphatic heterocycles. The Bertz CT molecular complexity index is 680. The largest absolute Gasteiger partial charge is 0.481 e. The minimum atomic E-state index is -0.498. The Labute approximate surface area is 145 Å². The fourth-order valence-corrected chi connectivity index (χ4v) is 2.66. The van der Waals surface area contributed by atoms with Crippen LogP contribution in [0.5, 0.6) is 5.75 Å². The molecule has 1 amide bonds. The van der Waals surface area contributed by atoms with Crippen molar-refractivity contribution < 1.29 is 9.53 Å². The standard InChI is InChI=1S/C21H27NO2/c1-15-13-16(2)17(3)20(14-15)24-18(4)21(23)22-12-8-11-19-9-6-5-7-10-19/h5-7,9-10,13-14,18H,8,11-12H2,1-4H3,(H,22,23)/t18-/m0/s1. The predicted molar refractivity (Wildman–Crippen MR) is 98.5 cm³/mol. The summed E-state index contributed by atoms with van der Waals surface area (Å²) in [5, 5.41) is 2.96. The number of carbonyl (C=O) groups is 1. The molecule has 0 spiro atoms. The van der Waals surface area contributed by atoms with Crippen LogP contribution in [0.4, 0.5) is 0 Å². The second-order valence-electron chi connectivity index (χ2n) is 6.35. The van der Waals surface area contributed by atoms with Gasteiger partial charge in [-0.3, -0.25) is 4.79 Å². The zero-order valence-electron chi connectivity index (χ0n) is 15.1. The highest BCUT2D eigenvalue weighted by atomic mass is 16.5. The molecular weight excluding hydrogens is 298 g/mol. The number of amides is 1. The number of aryl methyl sites for hydroxylation is 3. The smallest absolute Gasteiger partial charge is 0.260 e. The lowest BCUT2D eigenvalue weighted by Gasteiger charge is -2.18. The van der Waals surface area contributed by atoms with Crippen molar-refractivity contribution in [3.8, 4) is 5.75 Å². The lowest BCUT2D eigenvalue weighted by molar-refractivity contribution is -0.127. The lowest BCUT2D eigenvalue weighted by Crippen LogP contribution is -2.37. The van der Waals surface area contributed by atoms with E-state index in [9.17, 15) is 4.79 Å². The van der Waals surface area contributed by atoms with E-state index < -0.39 is 6.10 Å². The van der Waals surface area contributed by atoms with E-state index >= 15 is 0 Å². The van der Waals surface area contributed by atoms with Crippen molar-refractivity contribution in [2.24, 2.45) is 0 Å². The number of rotatable bonds is 7. The highest BCUT2D eigenvalue weighted by Crippen LogP contribution is 2.24. The van der Waals surface area contributed by atoms with Crippen molar-refractivity contribution in [3.05, 3.63) is 64.7 Å². The maximum absolute atomic E-state index is 12.2. The number of hydrogen-bond acceptors (Lipinski definition) is 2. The van der Waals surface area contributed by atoms with Crippen molar-refractivity contribution in [1.82, 2.24) is 5.32 Å². The minimum Gasteiger partial charge on any atom is -0.481 e.